The van der Waals surface area contributed by atoms with Crippen molar-refractivity contribution in [3.05, 3.63) is 35.4 Å². The summed E-state index contributed by atoms with van der Waals surface area (Å²) in [6, 6.07) is 8.65. The molecule has 0 saturated carbocycles. The van der Waals surface area contributed by atoms with Crippen molar-refractivity contribution in [2.75, 3.05) is 33.8 Å². The molecule has 148 valence electrons. The molecule has 0 aliphatic carbocycles. The highest BCUT2D eigenvalue weighted by molar-refractivity contribution is 5.79. The lowest BCUT2D eigenvalue weighted by Gasteiger charge is -2.20. The van der Waals surface area contributed by atoms with Gasteiger partial charge in [0.05, 0.1) is 6.54 Å². The number of nitrogens with zero attached hydrogens (tertiary/aromatic N) is 2. The lowest BCUT2D eigenvalue weighted by molar-refractivity contribution is 0.243. The van der Waals surface area contributed by atoms with Gasteiger partial charge in [0.2, 0.25) is 0 Å². The average molecular weight is 363 g/mol. The first-order valence-electron chi connectivity index (χ1n) is 9.80. The predicted molar refractivity (Wildman–Crippen MR) is 111 cm³/mol. The molecule has 1 atom stereocenters. The molecule has 1 rings (SSSR count). The zero-order chi connectivity index (χ0) is 19.4. The van der Waals surface area contributed by atoms with Crippen molar-refractivity contribution in [1.29, 1.82) is 0 Å². The number of aliphatic hydroxyl groups excluding tert-OH is 1. The van der Waals surface area contributed by atoms with Gasteiger partial charge in [-0.2, -0.15) is 0 Å². The first-order valence-corrected chi connectivity index (χ1v) is 9.80. The molecule has 0 aliphatic rings. The van der Waals surface area contributed by atoms with Gasteiger partial charge in [-0.3, -0.25) is 0 Å². The number of aliphatic imine (C=N–C) groups is 1. The van der Waals surface area contributed by atoms with Gasteiger partial charge in [-0.05, 0) is 56.8 Å². The molecule has 0 saturated heterocycles. The Kier molecular flexibility index (Phi) is 11.0. The molecule has 26 heavy (non-hydrogen) atoms. The van der Waals surface area contributed by atoms with Crippen LogP contribution >= 0.6 is 0 Å². The second-order valence-electron chi connectivity index (χ2n) is 7.64. The Hall–Kier alpha value is -1.59. The lowest BCUT2D eigenvalue weighted by Crippen LogP contribution is -2.40. The minimum absolute atomic E-state index is 0.242. The maximum atomic E-state index is 9.27. The van der Waals surface area contributed by atoms with Gasteiger partial charge in [-0.1, -0.05) is 38.1 Å². The third kappa shape index (κ3) is 9.78. The van der Waals surface area contributed by atoms with Gasteiger partial charge in [0.1, 0.15) is 0 Å². The first kappa shape index (κ1) is 22.5. The normalized spacial score (nSPS) is 13.3. The van der Waals surface area contributed by atoms with E-state index in [0.29, 0.717) is 18.4 Å². The fourth-order valence-corrected chi connectivity index (χ4v) is 3.02. The number of benzene rings is 1. The summed E-state index contributed by atoms with van der Waals surface area (Å²) >= 11 is 0. The Morgan fingerprint density at radius 2 is 1.77 bits per heavy atom. The van der Waals surface area contributed by atoms with Gasteiger partial charge in [0.15, 0.2) is 5.96 Å². The molecule has 0 radical (unpaired) electrons. The molecule has 0 amide bonds. The van der Waals surface area contributed by atoms with Crippen LogP contribution in [0.1, 0.15) is 44.7 Å². The highest BCUT2D eigenvalue weighted by Gasteiger charge is 2.11. The van der Waals surface area contributed by atoms with Crippen LogP contribution in [-0.2, 0) is 13.1 Å². The smallest absolute Gasteiger partial charge is 0.191 e. The highest BCUT2D eigenvalue weighted by Crippen LogP contribution is 2.14. The number of rotatable bonds is 11. The average Bonchev–Trinajstić information content (AvgIpc) is 2.57. The van der Waals surface area contributed by atoms with Crippen LogP contribution in [0.2, 0.25) is 0 Å². The quantitative estimate of drug-likeness (QED) is 0.418. The van der Waals surface area contributed by atoms with Crippen LogP contribution in [0.25, 0.3) is 0 Å². The summed E-state index contributed by atoms with van der Waals surface area (Å²) in [7, 11) is 4.16. The molecular weight excluding hydrogens is 324 g/mol. The van der Waals surface area contributed by atoms with E-state index in [1.807, 2.05) is 0 Å². The fraction of sp³-hybridized carbons (Fsp3) is 0.667. The summed E-state index contributed by atoms with van der Waals surface area (Å²) in [5.41, 5.74) is 2.52. The van der Waals surface area contributed by atoms with E-state index in [2.05, 4.69) is 74.7 Å². The molecule has 0 fully saturated rings. The minimum Gasteiger partial charge on any atom is -0.396 e. The summed E-state index contributed by atoms with van der Waals surface area (Å²) in [6.07, 6.45) is 1.94. The number of nitrogens with one attached hydrogen (secondary N) is 2. The van der Waals surface area contributed by atoms with E-state index in [-0.39, 0.29) is 6.61 Å². The van der Waals surface area contributed by atoms with E-state index in [1.54, 1.807) is 0 Å². The van der Waals surface area contributed by atoms with E-state index >= 15 is 0 Å². The van der Waals surface area contributed by atoms with E-state index in [1.165, 1.54) is 11.1 Å². The van der Waals surface area contributed by atoms with Gasteiger partial charge in [-0.25, -0.2) is 4.99 Å². The zero-order valence-corrected chi connectivity index (χ0v) is 17.3. The molecule has 0 spiro atoms. The molecule has 0 aromatic heterocycles. The molecule has 1 unspecified atom stereocenters. The summed E-state index contributed by atoms with van der Waals surface area (Å²) in [6.45, 7) is 10.1. The van der Waals surface area contributed by atoms with Gasteiger partial charge >= 0.3 is 0 Å². The summed E-state index contributed by atoms with van der Waals surface area (Å²) in [4.78, 5) is 6.87. The summed E-state index contributed by atoms with van der Waals surface area (Å²) in [5, 5.41) is 16.0. The monoisotopic (exact) mass is 362 g/mol. The molecular formula is C21H38N4O. The van der Waals surface area contributed by atoms with Crippen LogP contribution in [0.5, 0.6) is 0 Å². The highest BCUT2D eigenvalue weighted by atomic mass is 16.3. The number of hydrogen-bond acceptors (Lipinski definition) is 3. The van der Waals surface area contributed by atoms with Crippen LogP contribution in [0, 0.1) is 11.8 Å². The Bertz CT molecular complexity index is 511. The molecule has 0 bridgehead atoms. The van der Waals surface area contributed by atoms with Gasteiger partial charge < -0.3 is 20.6 Å². The largest absolute Gasteiger partial charge is 0.396 e. The molecule has 1 aromatic rings. The molecule has 1 aromatic carbocycles. The topological polar surface area (TPSA) is 59.9 Å². The van der Waals surface area contributed by atoms with Crippen LogP contribution in [0.4, 0.5) is 0 Å². The molecule has 5 nitrogen and oxygen atoms in total. The first-order chi connectivity index (χ1) is 12.4. The van der Waals surface area contributed by atoms with Crippen molar-refractivity contribution >= 4 is 5.96 Å². The van der Waals surface area contributed by atoms with E-state index in [9.17, 15) is 5.11 Å². The molecule has 0 heterocycles. The maximum absolute atomic E-state index is 9.27. The Balaban J connectivity index is 2.61. The SMILES string of the molecule is CCNC(=NCc1ccc(CN(C)C)cc1)NCC(CCO)CC(C)C. The Labute approximate surface area is 159 Å². The van der Waals surface area contributed by atoms with E-state index < -0.39 is 0 Å². The summed E-state index contributed by atoms with van der Waals surface area (Å²) in [5.74, 6) is 1.94. The van der Waals surface area contributed by atoms with Gasteiger partial charge in [-0.15, -0.1) is 0 Å². The number of aliphatic hydroxyl groups is 1. The van der Waals surface area contributed by atoms with Crippen LogP contribution in [0.3, 0.4) is 0 Å². The summed E-state index contributed by atoms with van der Waals surface area (Å²) < 4.78 is 0. The molecule has 0 aliphatic heterocycles. The van der Waals surface area contributed by atoms with Gasteiger partial charge in [0.25, 0.3) is 0 Å². The molecule has 5 heteroatoms. The van der Waals surface area contributed by atoms with Crippen molar-refractivity contribution in [3.8, 4) is 0 Å². The van der Waals surface area contributed by atoms with Crippen molar-refractivity contribution in [3.63, 3.8) is 0 Å². The van der Waals surface area contributed by atoms with E-state index in [4.69, 9.17) is 4.99 Å². The van der Waals surface area contributed by atoms with Crippen molar-refractivity contribution in [2.45, 2.75) is 46.7 Å². The second-order valence-corrected chi connectivity index (χ2v) is 7.64. The lowest BCUT2D eigenvalue weighted by atomic mass is 9.94. The Morgan fingerprint density at radius 3 is 2.31 bits per heavy atom. The zero-order valence-electron chi connectivity index (χ0n) is 17.3. The third-order valence-electron chi connectivity index (χ3n) is 4.19. The second kappa shape index (κ2) is 12.7. The predicted octanol–water partition coefficient (Wildman–Crippen LogP) is 2.85. The Morgan fingerprint density at radius 1 is 1.12 bits per heavy atom. The number of guanidine groups is 1. The third-order valence-corrected chi connectivity index (χ3v) is 4.19. The van der Waals surface area contributed by atoms with Crippen LogP contribution in [0.15, 0.2) is 29.3 Å². The standard InChI is InChI=1S/C21H38N4O/c1-6-22-21(24-15-20(11-12-26)13-17(2)3)23-14-18-7-9-19(10-8-18)16-25(4)5/h7-10,17,20,26H,6,11-16H2,1-5H3,(H2,22,23,24). The fourth-order valence-electron chi connectivity index (χ4n) is 3.02. The van der Waals surface area contributed by atoms with Crippen molar-refractivity contribution in [1.82, 2.24) is 15.5 Å². The minimum atomic E-state index is 0.242. The van der Waals surface area contributed by atoms with Crippen molar-refractivity contribution in [2.24, 2.45) is 16.8 Å². The number of hydrogen-bond donors (Lipinski definition) is 3. The van der Waals surface area contributed by atoms with Crippen LogP contribution < -0.4 is 10.6 Å². The van der Waals surface area contributed by atoms with Crippen molar-refractivity contribution < 1.29 is 5.11 Å². The van der Waals surface area contributed by atoms with Gasteiger partial charge in [0, 0.05) is 26.2 Å². The van der Waals surface area contributed by atoms with Crippen LogP contribution in [-0.4, -0.2) is 49.8 Å². The maximum Gasteiger partial charge on any atom is 0.191 e. The van der Waals surface area contributed by atoms with E-state index in [0.717, 1.165) is 38.4 Å². The molecule has 3 N–H and O–H groups in total.